The molecule has 0 spiro atoms. The highest BCUT2D eigenvalue weighted by Gasteiger charge is 2.11. The molecule has 0 heterocycles. The molecule has 0 aliphatic carbocycles. The number of nitro groups is 1. The van der Waals surface area contributed by atoms with Crippen molar-refractivity contribution < 1.29 is 19.2 Å². The minimum atomic E-state index is -0.495. The van der Waals surface area contributed by atoms with Gasteiger partial charge in [0.15, 0.2) is 6.29 Å². The molecule has 0 saturated carbocycles. The van der Waals surface area contributed by atoms with Crippen molar-refractivity contribution in [2.75, 3.05) is 7.11 Å². The second-order valence-electron chi connectivity index (χ2n) is 4.24. The van der Waals surface area contributed by atoms with E-state index < -0.39 is 4.92 Å². The monoisotopic (exact) mass is 287 g/mol. The fourth-order valence-corrected chi connectivity index (χ4v) is 1.82. The van der Waals surface area contributed by atoms with Gasteiger partial charge < -0.3 is 9.47 Å². The van der Waals surface area contributed by atoms with Crippen LogP contribution < -0.4 is 9.47 Å². The van der Waals surface area contributed by atoms with Crippen LogP contribution in [0.5, 0.6) is 11.5 Å². The van der Waals surface area contributed by atoms with Crippen molar-refractivity contribution in [1.29, 1.82) is 0 Å². The molecule has 0 fully saturated rings. The maximum atomic E-state index is 10.9. The fraction of sp³-hybridized carbons (Fsp3) is 0.133. The summed E-state index contributed by atoms with van der Waals surface area (Å²) in [6, 6.07) is 11.2. The molecule has 2 aromatic rings. The first-order valence-electron chi connectivity index (χ1n) is 6.13. The Kier molecular flexibility index (Phi) is 4.50. The zero-order valence-electron chi connectivity index (χ0n) is 11.3. The number of hydrogen-bond acceptors (Lipinski definition) is 5. The lowest BCUT2D eigenvalue weighted by Gasteiger charge is -2.09. The highest BCUT2D eigenvalue weighted by molar-refractivity contribution is 5.79. The van der Waals surface area contributed by atoms with Gasteiger partial charge in [-0.15, -0.1) is 0 Å². The molecular weight excluding hydrogens is 274 g/mol. The van der Waals surface area contributed by atoms with E-state index in [0.29, 0.717) is 28.9 Å². The molecule has 6 heteroatoms. The summed E-state index contributed by atoms with van der Waals surface area (Å²) in [4.78, 5) is 21.3. The Labute approximate surface area is 121 Å². The highest BCUT2D eigenvalue weighted by atomic mass is 16.6. The molecule has 0 N–H and O–H groups in total. The van der Waals surface area contributed by atoms with Gasteiger partial charge in [-0.3, -0.25) is 14.9 Å². The third-order valence-electron chi connectivity index (χ3n) is 2.84. The summed E-state index contributed by atoms with van der Waals surface area (Å²) < 4.78 is 10.6. The minimum absolute atomic E-state index is 0.0726. The van der Waals surface area contributed by atoms with Gasteiger partial charge in [0.1, 0.15) is 18.1 Å². The molecule has 0 aliphatic heterocycles. The van der Waals surface area contributed by atoms with Gasteiger partial charge in [-0.1, -0.05) is 12.1 Å². The summed E-state index contributed by atoms with van der Waals surface area (Å²) in [5, 5.41) is 10.9. The molecule has 0 unspecified atom stereocenters. The molecular formula is C15H13NO5. The van der Waals surface area contributed by atoms with Crippen LogP contribution >= 0.6 is 0 Å². The lowest BCUT2D eigenvalue weighted by molar-refractivity contribution is -0.385. The summed E-state index contributed by atoms with van der Waals surface area (Å²) in [5.74, 6) is 0.810. The molecule has 6 nitrogen and oxygen atoms in total. The predicted molar refractivity (Wildman–Crippen MR) is 75.8 cm³/mol. The Hall–Kier alpha value is -2.89. The van der Waals surface area contributed by atoms with Crippen molar-refractivity contribution in [3.05, 3.63) is 63.7 Å². The number of carbonyl (C=O) groups excluding carboxylic acids is 1. The van der Waals surface area contributed by atoms with Gasteiger partial charge in [0.05, 0.1) is 23.7 Å². The molecule has 0 aliphatic rings. The number of hydrogen-bond donors (Lipinski definition) is 0. The first kappa shape index (κ1) is 14.5. The number of nitrogens with zero attached hydrogens (tertiary/aromatic N) is 1. The van der Waals surface area contributed by atoms with Gasteiger partial charge in [0.25, 0.3) is 5.69 Å². The van der Waals surface area contributed by atoms with Crippen LogP contribution in [0, 0.1) is 10.1 Å². The first-order chi connectivity index (χ1) is 10.1. The number of benzene rings is 2. The van der Waals surface area contributed by atoms with Crippen molar-refractivity contribution in [3.8, 4) is 11.5 Å². The molecule has 0 aromatic heterocycles. The average molecular weight is 287 g/mol. The van der Waals surface area contributed by atoms with Crippen molar-refractivity contribution in [3.63, 3.8) is 0 Å². The third-order valence-corrected chi connectivity index (χ3v) is 2.84. The topological polar surface area (TPSA) is 78.7 Å². The zero-order chi connectivity index (χ0) is 15.2. The van der Waals surface area contributed by atoms with Crippen LogP contribution in [0.4, 0.5) is 5.69 Å². The molecule has 0 atom stereocenters. The lowest BCUT2D eigenvalue weighted by atomic mass is 10.2. The number of rotatable bonds is 6. The molecule has 108 valence electrons. The van der Waals surface area contributed by atoms with Gasteiger partial charge in [-0.05, 0) is 23.8 Å². The van der Waals surface area contributed by atoms with Crippen LogP contribution in [0.2, 0.25) is 0 Å². The van der Waals surface area contributed by atoms with E-state index in [2.05, 4.69) is 0 Å². The molecule has 0 amide bonds. The Bertz CT molecular complexity index is 669. The largest absolute Gasteiger partial charge is 0.496 e. The maximum Gasteiger partial charge on any atom is 0.273 e. The van der Waals surface area contributed by atoms with Crippen molar-refractivity contribution in [1.82, 2.24) is 0 Å². The summed E-state index contributed by atoms with van der Waals surface area (Å²) >= 11 is 0. The predicted octanol–water partition coefficient (Wildman–Crippen LogP) is 2.99. The smallest absolute Gasteiger partial charge is 0.273 e. The summed E-state index contributed by atoms with van der Waals surface area (Å²) in [7, 11) is 1.44. The minimum Gasteiger partial charge on any atom is -0.496 e. The van der Waals surface area contributed by atoms with Crippen LogP contribution in [0.1, 0.15) is 15.9 Å². The third kappa shape index (κ3) is 3.56. The van der Waals surface area contributed by atoms with Gasteiger partial charge in [0.2, 0.25) is 0 Å². The first-order valence-corrected chi connectivity index (χ1v) is 6.13. The van der Waals surface area contributed by atoms with E-state index in [9.17, 15) is 14.9 Å². The Morgan fingerprint density at radius 2 is 2.00 bits per heavy atom. The molecule has 2 rings (SSSR count). The quantitative estimate of drug-likeness (QED) is 0.463. The fourth-order valence-electron chi connectivity index (χ4n) is 1.82. The second-order valence-corrected chi connectivity index (χ2v) is 4.24. The highest BCUT2D eigenvalue weighted by Crippen LogP contribution is 2.24. The van der Waals surface area contributed by atoms with Crippen LogP contribution in [0.3, 0.4) is 0 Å². The van der Waals surface area contributed by atoms with Crippen molar-refractivity contribution in [2.45, 2.75) is 6.61 Å². The van der Waals surface area contributed by atoms with Gasteiger partial charge in [-0.2, -0.15) is 0 Å². The molecule has 2 aromatic carbocycles. The average Bonchev–Trinajstić information content (AvgIpc) is 2.52. The number of aldehydes is 1. The van der Waals surface area contributed by atoms with E-state index in [1.54, 1.807) is 30.3 Å². The number of non-ortho nitro benzene ring substituents is 1. The van der Waals surface area contributed by atoms with Gasteiger partial charge >= 0.3 is 0 Å². The Morgan fingerprint density at radius 3 is 2.67 bits per heavy atom. The van der Waals surface area contributed by atoms with Crippen LogP contribution in [-0.2, 0) is 6.61 Å². The van der Waals surface area contributed by atoms with E-state index >= 15 is 0 Å². The maximum absolute atomic E-state index is 10.9. The molecule has 0 radical (unpaired) electrons. The van der Waals surface area contributed by atoms with E-state index in [1.807, 2.05) is 0 Å². The van der Waals surface area contributed by atoms with Gasteiger partial charge in [-0.25, -0.2) is 0 Å². The normalized spacial score (nSPS) is 9.95. The van der Waals surface area contributed by atoms with E-state index in [0.717, 1.165) is 0 Å². The van der Waals surface area contributed by atoms with Crippen molar-refractivity contribution >= 4 is 12.0 Å². The van der Waals surface area contributed by atoms with Crippen molar-refractivity contribution in [2.24, 2.45) is 0 Å². The summed E-state index contributed by atoms with van der Waals surface area (Å²) in [6.45, 7) is 0.100. The number of para-hydroxylation sites is 1. The van der Waals surface area contributed by atoms with Gasteiger partial charge in [0, 0.05) is 6.07 Å². The van der Waals surface area contributed by atoms with E-state index in [1.165, 1.54) is 19.2 Å². The van der Waals surface area contributed by atoms with E-state index in [4.69, 9.17) is 9.47 Å². The summed E-state index contributed by atoms with van der Waals surface area (Å²) in [6.07, 6.45) is 0.698. The number of carbonyl (C=O) groups is 1. The van der Waals surface area contributed by atoms with Crippen LogP contribution in [0.15, 0.2) is 42.5 Å². The van der Waals surface area contributed by atoms with Crippen LogP contribution in [-0.4, -0.2) is 18.3 Å². The Balaban J connectivity index is 2.21. The second kappa shape index (κ2) is 6.51. The standard InChI is InChI=1S/C15H13NO5/c1-20-14-7-11(6-13(8-14)16(18)19)10-21-15-5-3-2-4-12(15)9-17/h2-9H,10H2,1H3. The molecule has 0 saturated heterocycles. The van der Waals surface area contributed by atoms with Crippen LogP contribution in [0.25, 0.3) is 0 Å². The molecule has 0 bridgehead atoms. The number of nitro benzene ring substituents is 1. The Morgan fingerprint density at radius 1 is 1.24 bits per heavy atom. The SMILES string of the molecule is COc1cc(COc2ccccc2C=O)cc([N+](=O)[O-])c1. The molecule has 21 heavy (non-hydrogen) atoms. The van der Waals surface area contributed by atoms with E-state index in [-0.39, 0.29) is 12.3 Å². The number of methoxy groups -OCH3 is 1. The zero-order valence-corrected chi connectivity index (χ0v) is 11.3. The number of ether oxygens (including phenoxy) is 2. The summed E-state index contributed by atoms with van der Waals surface area (Å²) in [5.41, 5.74) is 0.938. The lowest BCUT2D eigenvalue weighted by Crippen LogP contribution is -2.00.